The molecule has 25 heavy (non-hydrogen) atoms. The molecule has 1 aromatic rings. The summed E-state index contributed by atoms with van der Waals surface area (Å²) in [5.41, 5.74) is 3.58. The molecule has 1 atom stereocenters. The lowest BCUT2D eigenvalue weighted by Crippen LogP contribution is -2.36. The Bertz CT molecular complexity index is 663. The maximum atomic E-state index is 12.1. The number of likely N-dealkylation sites (tertiary alicyclic amines) is 1. The first-order valence-corrected chi connectivity index (χ1v) is 12.2. The smallest absolute Gasteiger partial charge is 0.410 e. The fourth-order valence-electron chi connectivity index (χ4n) is 2.28. The quantitative estimate of drug-likeness (QED) is 0.596. The molecular weight excluding hydrogens is 332 g/mol. The zero-order valence-corrected chi connectivity index (χ0v) is 17.0. The fourth-order valence-corrected chi connectivity index (χ4v) is 2.79. The van der Waals surface area contributed by atoms with Gasteiger partial charge in [0.25, 0.3) is 0 Å². The van der Waals surface area contributed by atoms with Gasteiger partial charge >= 0.3 is 6.09 Å². The molecular formula is C19H28N2O3Si. The van der Waals surface area contributed by atoms with Crippen molar-refractivity contribution in [2.24, 2.45) is 0 Å². The van der Waals surface area contributed by atoms with Crippen molar-refractivity contribution < 1.29 is 14.3 Å². The summed E-state index contributed by atoms with van der Waals surface area (Å²) in [4.78, 5) is 18.1. The van der Waals surface area contributed by atoms with Gasteiger partial charge in [-0.2, -0.15) is 0 Å². The first-order chi connectivity index (χ1) is 11.5. The van der Waals surface area contributed by atoms with Crippen LogP contribution in [0.15, 0.2) is 18.3 Å². The van der Waals surface area contributed by atoms with Gasteiger partial charge in [-0.25, -0.2) is 9.78 Å². The van der Waals surface area contributed by atoms with Gasteiger partial charge in [-0.3, -0.25) is 0 Å². The molecule has 1 amide bonds. The highest BCUT2D eigenvalue weighted by molar-refractivity contribution is 6.83. The average molecular weight is 361 g/mol. The van der Waals surface area contributed by atoms with Crippen LogP contribution in [0.25, 0.3) is 0 Å². The van der Waals surface area contributed by atoms with E-state index < -0.39 is 13.7 Å². The van der Waals surface area contributed by atoms with E-state index in [0.29, 0.717) is 18.8 Å². The zero-order chi connectivity index (χ0) is 18.7. The minimum Gasteiger partial charge on any atom is -0.487 e. The van der Waals surface area contributed by atoms with Crippen molar-refractivity contribution >= 4 is 14.2 Å². The predicted molar refractivity (Wildman–Crippen MR) is 101 cm³/mol. The van der Waals surface area contributed by atoms with E-state index in [0.717, 1.165) is 12.1 Å². The number of ether oxygens (including phenoxy) is 2. The van der Waals surface area contributed by atoms with Gasteiger partial charge in [0.05, 0.1) is 12.7 Å². The largest absolute Gasteiger partial charge is 0.487 e. The van der Waals surface area contributed by atoms with Crippen LogP contribution in [0, 0.1) is 11.5 Å². The summed E-state index contributed by atoms with van der Waals surface area (Å²) >= 11 is 0. The molecule has 1 saturated heterocycles. The Morgan fingerprint density at radius 2 is 2.04 bits per heavy atom. The number of pyridine rings is 1. The number of nitrogens with zero attached hydrogens (tertiary/aromatic N) is 2. The second kappa shape index (κ2) is 7.48. The second-order valence-electron chi connectivity index (χ2n) is 8.33. The summed E-state index contributed by atoms with van der Waals surface area (Å²) in [5, 5.41) is 0. The Hall–Kier alpha value is -2.00. The number of hydrogen-bond acceptors (Lipinski definition) is 4. The molecule has 2 heterocycles. The van der Waals surface area contributed by atoms with E-state index in [1.54, 1.807) is 11.1 Å². The Morgan fingerprint density at radius 3 is 2.60 bits per heavy atom. The molecule has 1 unspecified atom stereocenters. The van der Waals surface area contributed by atoms with Crippen LogP contribution in [0.3, 0.4) is 0 Å². The van der Waals surface area contributed by atoms with Gasteiger partial charge in [0.1, 0.15) is 31.2 Å². The van der Waals surface area contributed by atoms with Crippen LogP contribution < -0.4 is 4.74 Å². The lowest BCUT2D eigenvalue weighted by Gasteiger charge is -2.24. The van der Waals surface area contributed by atoms with E-state index in [9.17, 15) is 4.79 Å². The summed E-state index contributed by atoms with van der Waals surface area (Å²) in [6.45, 7) is 13.4. The topological polar surface area (TPSA) is 51.7 Å². The summed E-state index contributed by atoms with van der Waals surface area (Å²) < 4.78 is 11.3. The second-order valence-corrected chi connectivity index (χ2v) is 13.1. The third-order valence-electron chi connectivity index (χ3n) is 3.40. The van der Waals surface area contributed by atoms with Crippen molar-refractivity contribution in [3.05, 3.63) is 24.0 Å². The number of amides is 1. The number of hydrogen-bond donors (Lipinski definition) is 0. The van der Waals surface area contributed by atoms with Crippen LogP contribution in [0.2, 0.25) is 19.6 Å². The van der Waals surface area contributed by atoms with Gasteiger partial charge in [-0.15, -0.1) is 5.54 Å². The first kappa shape index (κ1) is 19.3. The van der Waals surface area contributed by atoms with E-state index in [1.807, 2.05) is 32.9 Å². The van der Waals surface area contributed by atoms with Crippen molar-refractivity contribution in [3.8, 4) is 17.2 Å². The van der Waals surface area contributed by atoms with Gasteiger partial charge in [0.2, 0.25) is 0 Å². The normalized spacial score (nSPS) is 17.7. The van der Waals surface area contributed by atoms with E-state index in [-0.39, 0.29) is 12.2 Å². The summed E-state index contributed by atoms with van der Waals surface area (Å²) in [6.07, 6.45) is 2.17. The van der Waals surface area contributed by atoms with Crippen LogP contribution in [0.1, 0.15) is 32.9 Å². The zero-order valence-electron chi connectivity index (χ0n) is 16.0. The van der Waals surface area contributed by atoms with Crippen LogP contribution in [0.4, 0.5) is 4.79 Å². The maximum absolute atomic E-state index is 12.1. The Balaban J connectivity index is 1.89. The molecule has 6 heteroatoms. The van der Waals surface area contributed by atoms with Gasteiger partial charge in [-0.05, 0) is 32.9 Å². The Morgan fingerprint density at radius 1 is 1.32 bits per heavy atom. The minimum atomic E-state index is -1.40. The van der Waals surface area contributed by atoms with Crippen LogP contribution in [-0.2, 0) is 4.74 Å². The fraction of sp³-hybridized carbons (Fsp3) is 0.579. The standard InChI is InChI=1S/C19H28N2O3Si/c1-19(2,3)24-18(22)21-11-9-17(14-21)23-16-8-7-15(20-13-16)10-12-25(4,5)6/h7-8,13,17H,9,11,14H2,1-6H3. The van der Waals surface area contributed by atoms with Crippen LogP contribution in [0.5, 0.6) is 5.75 Å². The molecule has 0 bridgehead atoms. The molecule has 0 saturated carbocycles. The minimum absolute atomic E-state index is 0.0340. The average Bonchev–Trinajstić information content (AvgIpc) is 2.93. The SMILES string of the molecule is CC(C)(C)OC(=O)N1CCC(Oc2ccc(C#C[Si](C)(C)C)nc2)C1. The first-order valence-electron chi connectivity index (χ1n) is 8.66. The third-order valence-corrected chi connectivity index (χ3v) is 4.28. The maximum Gasteiger partial charge on any atom is 0.410 e. The molecule has 1 aromatic heterocycles. The molecule has 1 aliphatic heterocycles. The molecule has 0 aromatic carbocycles. The lowest BCUT2D eigenvalue weighted by molar-refractivity contribution is 0.0275. The molecule has 1 aliphatic rings. The number of rotatable bonds is 2. The van der Waals surface area contributed by atoms with Gasteiger partial charge in [-0.1, -0.05) is 25.6 Å². The van der Waals surface area contributed by atoms with E-state index in [2.05, 4.69) is 36.1 Å². The highest BCUT2D eigenvalue weighted by Crippen LogP contribution is 2.20. The third kappa shape index (κ3) is 6.79. The summed E-state index contributed by atoms with van der Waals surface area (Å²) in [7, 11) is -1.40. The van der Waals surface area contributed by atoms with Crippen LogP contribution >= 0.6 is 0 Å². The lowest BCUT2D eigenvalue weighted by atomic mass is 10.2. The van der Waals surface area contributed by atoms with Crippen molar-refractivity contribution in [2.45, 2.75) is 58.5 Å². The molecule has 0 radical (unpaired) electrons. The molecule has 0 spiro atoms. The number of carbonyl (C=O) groups excluding carboxylic acids is 1. The van der Waals surface area contributed by atoms with Crippen molar-refractivity contribution in [2.75, 3.05) is 13.1 Å². The molecule has 2 rings (SSSR count). The monoisotopic (exact) mass is 360 g/mol. The van der Waals surface area contributed by atoms with E-state index in [4.69, 9.17) is 9.47 Å². The van der Waals surface area contributed by atoms with E-state index >= 15 is 0 Å². The van der Waals surface area contributed by atoms with E-state index in [1.165, 1.54) is 0 Å². The van der Waals surface area contributed by atoms with Crippen molar-refractivity contribution in [3.63, 3.8) is 0 Å². The molecule has 1 fully saturated rings. The Labute approximate surface area is 151 Å². The number of carbonyl (C=O) groups is 1. The van der Waals surface area contributed by atoms with Crippen molar-refractivity contribution in [1.82, 2.24) is 9.88 Å². The highest BCUT2D eigenvalue weighted by Gasteiger charge is 2.30. The molecule has 0 aliphatic carbocycles. The highest BCUT2D eigenvalue weighted by atomic mass is 28.3. The molecule has 136 valence electrons. The van der Waals surface area contributed by atoms with Gasteiger partial charge in [0.15, 0.2) is 0 Å². The van der Waals surface area contributed by atoms with Crippen molar-refractivity contribution in [1.29, 1.82) is 0 Å². The summed E-state index contributed by atoms with van der Waals surface area (Å²) in [5.74, 6) is 3.83. The predicted octanol–water partition coefficient (Wildman–Crippen LogP) is 3.70. The number of aromatic nitrogens is 1. The van der Waals surface area contributed by atoms with Gasteiger partial charge in [0, 0.05) is 13.0 Å². The molecule has 0 N–H and O–H groups in total. The molecule has 5 nitrogen and oxygen atoms in total. The Kier molecular flexibility index (Phi) is 5.78. The summed E-state index contributed by atoms with van der Waals surface area (Å²) in [6, 6.07) is 3.76. The van der Waals surface area contributed by atoms with Crippen LogP contribution in [-0.4, -0.2) is 48.8 Å². The van der Waals surface area contributed by atoms with Gasteiger partial charge < -0.3 is 14.4 Å².